The molecule has 2 heteroatoms. The minimum atomic E-state index is -0.158. The van der Waals surface area contributed by atoms with E-state index in [1.165, 1.54) is 23.1 Å². The quantitative estimate of drug-likeness (QED) is 0.784. The maximum atomic E-state index is 11.8. The fourth-order valence-electron chi connectivity index (χ4n) is 4.13. The van der Waals surface area contributed by atoms with Crippen molar-refractivity contribution in [2.75, 3.05) is 0 Å². The zero-order valence-corrected chi connectivity index (χ0v) is 13.9. The lowest BCUT2D eigenvalue weighted by atomic mass is 9.66. The van der Waals surface area contributed by atoms with E-state index in [9.17, 15) is 9.59 Å². The van der Waals surface area contributed by atoms with Crippen LogP contribution in [0, 0.1) is 17.8 Å². The maximum Gasteiger partial charge on any atom is 0.202 e. The van der Waals surface area contributed by atoms with Crippen molar-refractivity contribution in [3.8, 4) is 0 Å². The second kappa shape index (κ2) is 5.98. The normalized spacial score (nSPS) is 27.7. The highest BCUT2D eigenvalue weighted by Gasteiger charge is 2.46. The molecule has 3 atom stereocenters. The molecule has 0 amide bonds. The molecule has 2 aliphatic carbocycles. The van der Waals surface area contributed by atoms with Crippen molar-refractivity contribution in [1.29, 1.82) is 0 Å². The number of hydrogen-bond donors (Lipinski definition) is 0. The molecule has 0 N–H and O–H groups in total. The Hall–Kier alpha value is -1.44. The Labute approximate surface area is 133 Å². The average Bonchev–Trinajstić information content (AvgIpc) is 2.51. The zero-order valence-electron chi connectivity index (χ0n) is 13.9. The summed E-state index contributed by atoms with van der Waals surface area (Å²) in [5.41, 5.74) is 4.31. The third-order valence-electron chi connectivity index (χ3n) is 5.43. The van der Waals surface area contributed by atoms with Gasteiger partial charge in [0.2, 0.25) is 11.6 Å². The molecule has 0 spiro atoms. The highest BCUT2D eigenvalue weighted by Crippen LogP contribution is 2.41. The Morgan fingerprint density at radius 3 is 2.64 bits per heavy atom. The molecular formula is C20H26O2. The van der Waals surface area contributed by atoms with E-state index in [4.69, 9.17) is 0 Å². The van der Waals surface area contributed by atoms with Gasteiger partial charge in [-0.25, -0.2) is 0 Å². The van der Waals surface area contributed by atoms with Crippen LogP contribution in [0.3, 0.4) is 0 Å². The lowest BCUT2D eigenvalue weighted by molar-refractivity contribution is -0.152. The number of carbonyl (C=O) groups is 2. The van der Waals surface area contributed by atoms with Crippen LogP contribution in [0.4, 0.5) is 0 Å². The SMILES string of the molecule is CC(C)Cc1ccc2c(c1)C(CC1C(=O)C(=O)C1C)CCC2. The smallest absolute Gasteiger partial charge is 0.202 e. The monoisotopic (exact) mass is 298 g/mol. The van der Waals surface area contributed by atoms with Crippen LogP contribution in [0.25, 0.3) is 0 Å². The van der Waals surface area contributed by atoms with Gasteiger partial charge in [-0.3, -0.25) is 9.59 Å². The summed E-state index contributed by atoms with van der Waals surface area (Å²) in [5.74, 6) is 0.743. The van der Waals surface area contributed by atoms with Crippen molar-refractivity contribution in [2.24, 2.45) is 17.8 Å². The van der Waals surface area contributed by atoms with Crippen molar-refractivity contribution in [2.45, 2.75) is 58.8 Å². The van der Waals surface area contributed by atoms with Gasteiger partial charge in [-0.15, -0.1) is 0 Å². The van der Waals surface area contributed by atoms with Crippen LogP contribution in [0.1, 0.15) is 62.6 Å². The van der Waals surface area contributed by atoms with Gasteiger partial charge in [-0.05, 0) is 60.6 Å². The fourth-order valence-corrected chi connectivity index (χ4v) is 4.13. The molecule has 3 rings (SSSR count). The molecule has 0 aliphatic heterocycles. The molecule has 2 nitrogen and oxygen atoms in total. The van der Waals surface area contributed by atoms with Crippen molar-refractivity contribution >= 4 is 11.6 Å². The third kappa shape index (κ3) is 2.76. The number of carbonyl (C=O) groups excluding carboxylic acids is 2. The van der Waals surface area contributed by atoms with Crippen molar-refractivity contribution in [3.05, 3.63) is 34.9 Å². The number of rotatable bonds is 4. The number of benzene rings is 1. The Morgan fingerprint density at radius 2 is 1.95 bits per heavy atom. The first kappa shape index (κ1) is 15.5. The van der Waals surface area contributed by atoms with Crippen molar-refractivity contribution in [1.82, 2.24) is 0 Å². The molecule has 3 unspecified atom stereocenters. The highest BCUT2D eigenvalue weighted by atomic mass is 16.2. The van der Waals surface area contributed by atoms with Crippen molar-refractivity contribution < 1.29 is 9.59 Å². The minimum Gasteiger partial charge on any atom is -0.291 e. The zero-order chi connectivity index (χ0) is 15.9. The van der Waals surface area contributed by atoms with Gasteiger partial charge in [-0.1, -0.05) is 39.0 Å². The van der Waals surface area contributed by atoms with Gasteiger partial charge in [-0.2, -0.15) is 0 Å². The maximum absolute atomic E-state index is 11.8. The Bertz CT molecular complexity index is 600. The van der Waals surface area contributed by atoms with E-state index in [1.807, 2.05) is 6.92 Å². The molecule has 1 fully saturated rings. The lowest BCUT2D eigenvalue weighted by Crippen LogP contribution is -2.47. The summed E-state index contributed by atoms with van der Waals surface area (Å²) in [5, 5.41) is 0. The number of aryl methyl sites for hydroxylation is 1. The van der Waals surface area contributed by atoms with E-state index in [0.717, 1.165) is 25.7 Å². The van der Waals surface area contributed by atoms with Crippen LogP contribution in [0.2, 0.25) is 0 Å². The Balaban J connectivity index is 1.80. The van der Waals surface area contributed by atoms with E-state index in [0.29, 0.717) is 11.8 Å². The molecule has 0 bridgehead atoms. The molecular weight excluding hydrogens is 272 g/mol. The van der Waals surface area contributed by atoms with Gasteiger partial charge in [0.25, 0.3) is 0 Å². The third-order valence-corrected chi connectivity index (χ3v) is 5.43. The summed E-state index contributed by atoms with van der Waals surface area (Å²) in [4.78, 5) is 23.3. The van der Waals surface area contributed by atoms with Gasteiger partial charge in [0, 0.05) is 11.8 Å². The predicted octanol–water partition coefficient (Wildman–Crippen LogP) is 4.10. The van der Waals surface area contributed by atoms with Gasteiger partial charge >= 0.3 is 0 Å². The van der Waals surface area contributed by atoms with E-state index >= 15 is 0 Å². The largest absolute Gasteiger partial charge is 0.291 e. The molecule has 22 heavy (non-hydrogen) atoms. The number of hydrogen-bond acceptors (Lipinski definition) is 2. The fraction of sp³-hybridized carbons (Fsp3) is 0.600. The molecule has 0 heterocycles. The number of fused-ring (bicyclic) bond motifs is 1. The first-order valence-corrected chi connectivity index (χ1v) is 8.67. The van der Waals surface area contributed by atoms with E-state index < -0.39 is 0 Å². The van der Waals surface area contributed by atoms with Crippen LogP contribution >= 0.6 is 0 Å². The second-order valence-electron chi connectivity index (χ2n) is 7.58. The van der Waals surface area contributed by atoms with E-state index in [1.54, 1.807) is 0 Å². The molecule has 1 aromatic rings. The Morgan fingerprint density at radius 1 is 1.18 bits per heavy atom. The molecule has 0 aromatic heterocycles. The van der Waals surface area contributed by atoms with Crippen molar-refractivity contribution in [3.63, 3.8) is 0 Å². The summed E-state index contributed by atoms with van der Waals surface area (Å²) in [7, 11) is 0. The van der Waals surface area contributed by atoms with Gasteiger partial charge in [0.1, 0.15) is 0 Å². The Kier molecular flexibility index (Phi) is 4.20. The molecule has 0 radical (unpaired) electrons. The van der Waals surface area contributed by atoms with Crippen LogP contribution in [0.15, 0.2) is 18.2 Å². The standard InChI is InChI=1S/C20H26O2/c1-12(2)9-14-7-8-15-5-4-6-16(18(15)10-14)11-17-13(3)19(21)20(17)22/h7-8,10,12-13,16-17H,4-6,9,11H2,1-3H3. The summed E-state index contributed by atoms with van der Waals surface area (Å²) < 4.78 is 0. The summed E-state index contributed by atoms with van der Waals surface area (Å²) in [6, 6.07) is 6.92. The lowest BCUT2D eigenvalue weighted by Gasteiger charge is -2.35. The number of Topliss-reactive ketones (excluding diaryl/α,β-unsaturated/α-hetero) is 2. The number of ketones is 2. The van der Waals surface area contributed by atoms with Gasteiger partial charge < -0.3 is 0 Å². The first-order valence-electron chi connectivity index (χ1n) is 8.67. The van der Waals surface area contributed by atoms with Crippen LogP contribution in [0.5, 0.6) is 0 Å². The van der Waals surface area contributed by atoms with Gasteiger partial charge in [0.05, 0.1) is 0 Å². The molecule has 2 aliphatic rings. The van der Waals surface area contributed by atoms with Crippen LogP contribution in [-0.2, 0) is 22.4 Å². The summed E-state index contributed by atoms with van der Waals surface area (Å²) in [6.07, 6.45) is 5.48. The average molecular weight is 298 g/mol. The van der Waals surface area contributed by atoms with E-state index in [2.05, 4.69) is 32.0 Å². The highest BCUT2D eigenvalue weighted by molar-refractivity contribution is 6.45. The molecule has 0 saturated heterocycles. The van der Waals surface area contributed by atoms with Gasteiger partial charge in [0.15, 0.2) is 0 Å². The van der Waals surface area contributed by atoms with Crippen LogP contribution < -0.4 is 0 Å². The first-order chi connectivity index (χ1) is 10.5. The molecule has 118 valence electrons. The molecule has 1 aromatic carbocycles. The summed E-state index contributed by atoms with van der Waals surface area (Å²) in [6.45, 7) is 6.40. The topological polar surface area (TPSA) is 34.1 Å². The predicted molar refractivity (Wildman–Crippen MR) is 87.9 cm³/mol. The minimum absolute atomic E-state index is 0.0304. The second-order valence-corrected chi connectivity index (χ2v) is 7.58. The summed E-state index contributed by atoms with van der Waals surface area (Å²) >= 11 is 0. The van der Waals surface area contributed by atoms with E-state index in [-0.39, 0.29) is 23.4 Å². The van der Waals surface area contributed by atoms with Crippen LogP contribution in [-0.4, -0.2) is 11.6 Å². The molecule has 1 saturated carbocycles.